The Balaban J connectivity index is 1.61. The van der Waals surface area contributed by atoms with E-state index < -0.39 is 0 Å². The molecule has 0 aromatic heterocycles. The predicted molar refractivity (Wildman–Crippen MR) is 68.6 cm³/mol. The minimum atomic E-state index is 0.123. The monoisotopic (exact) mass is 239 g/mol. The van der Waals surface area contributed by atoms with E-state index in [0.29, 0.717) is 12.5 Å². The lowest BCUT2D eigenvalue weighted by molar-refractivity contribution is -0.122. The molecule has 4 nitrogen and oxygen atoms in total. The first-order valence-electron chi connectivity index (χ1n) is 6.94. The van der Waals surface area contributed by atoms with Crippen LogP contribution in [0.25, 0.3) is 0 Å². The summed E-state index contributed by atoms with van der Waals surface area (Å²) in [6.07, 6.45) is 6.34. The molecule has 0 radical (unpaired) electrons. The Morgan fingerprint density at radius 3 is 2.53 bits per heavy atom. The van der Waals surface area contributed by atoms with Crippen molar-refractivity contribution < 1.29 is 4.79 Å². The number of rotatable bonds is 5. The summed E-state index contributed by atoms with van der Waals surface area (Å²) < 4.78 is 0. The van der Waals surface area contributed by atoms with Gasteiger partial charge in [-0.15, -0.1) is 0 Å². The molecule has 1 heterocycles. The number of hydrogen-bond acceptors (Lipinski definition) is 3. The van der Waals surface area contributed by atoms with Crippen LogP contribution < -0.4 is 11.1 Å². The molecule has 1 aliphatic heterocycles. The van der Waals surface area contributed by atoms with Crippen LogP contribution in [0.2, 0.25) is 0 Å². The number of amides is 1. The van der Waals surface area contributed by atoms with Crippen molar-refractivity contribution in [2.24, 2.45) is 5.73 Å². The van der Waals surface area contributed by atoms with Crippen molar-refractivity contribution >= 4 is 5.91 Å². The minimum Gasteiger partial charge on any atom is -0.353 e. The summed E-state index contributed by atoms with van der Waals surface area (Å²) in [5.74, 6) is 0.173. The normalized spacial score (nSPS) is 24.6. The molecule has 4 heteroatoms. The van der Waals surface area contributed by atoms with Crippen LogP contribution in [0.1, 0.15) is 45.4 Å². The standard InChI is InChI=1S/C13H25N3O/c1-10(14)2-5-13(17)15-11-6-8-16(9-7-11)12-3-4-12/h10-12H,2-9,14H2,1H3,(H,15,17). The summed E-state index contributed by atoms with van der Waals surface area (Å²) in [6.45, 7) is 4.26. The smallest absolute Gasteiger partial charge is 0.220 e. The highest BCUT2D eigenvalue weighted by Gasteiger charge is 2.31. The van der Waals surface area contributed by atoms with E-state index in [0.717, 1.165) is 38.4 Å². The highest BCUT2D eigenvalue weighted by atomic mass is 16.1. The van der Waals surface area contributed by atoms with Gasteiger partial charge in [-0.1, -0.05) is 0 Å². The fourth-order valence-electron chi connectivity index (χ4n) is 2.51. The number of carbonyl (C=O) groups is 1. The van der Waals surface area contributed by atoms with Crippen molar-refractivity contribution in [3.05, 3.63) is 0 Å². The molecule has 0 aromatic rings. The molecule has 3 N–H and O–H groups in total. The zero-order valence-corrected chi connectivity index (χ0v) is 10.8. The Morgan fingerprint density at radius 2 is 2.00 bits per heavy atom. The average Bonchev–Trinajstić information content (AvgIpc) is 3.11. The predicted octanol–water partition coefficient (Wildman–Crippen LogP) is 0.857. The van der Waals surface area contributed by atoms with Gasteiger partial charge in [0.15, 0.2) is 0 Å². The fourth-order valence-corrected chi connectivity index (χ4v) is 2.51. The van der Waals surface area contributed by atoms with E-state index in [1.807, 2.05) is 6.92 Å². The lowest BCUT2D eigenvalue weighted by atomic mass is 10.0. The zero-order chi connectivity index (χ0) is 12.3. The van der Waals surface area contributed by atoms with Crippen LogP contribution in [0.4, 0.5) is 0 Å². The summed E-state index contributed by atoms with van der Waals surface area (Å²) in [7, 11) is 0. The van der Waals surface area contributed by atoms with E-state index >= 15 is 0 Å². The van der Waals surface area contributed by atoms with Gasteiger partial charge in [-0.05, 0) is 39.0 Å². The number of hydrogen-bond donors (Lipinski definition) is 2. The Morgan fingerprint density at radius 1 is 1.35 bits per heavy atom. The molecule has 2 rings (SSSR count). The van der Waals surface area contributed by atoms with Gasteiger partial charge in [0.05, 0.1) is 0 Å². The van der Waals surface area contributed by atoms with Crippen LogP contribution in [-0.2, 0) is 4.79 Å². The molecule has 1 aliphatic carbocycles. The van der Waals surface area contributed by atoms with Gasteiger partial charge in [-0.2, -0.15) is 0 Å². The summed E-state index contributed by atoms with van der Waals surface area (Å²) in [5.41, 5.74) is 5.65. The maximum atomic E-state index is 11.7. The average molecular weight is 239 g/mol. The van der Waals surface area contributed by atoms with Gasteiger partial charge in [0, 0.05) is 37.6 Å². The van der Waals surface area contributed by atoms with Gasteiger partial charge in [0.1, 0.15) is 0 Å². The van der Waals surface area contributed by atoms with Crippen molar-refractivity contribution in [1.82, 2.24) is 10.2 Å². The molecule has 2 aliphatic rings. The maximum absolute atomic E-state index is 11.7. The molecule has 0 spiro atoms. The van der Waals surface area contributed by atoms with Gasteiger partial charge in [0.2, 0.25) is 5.91 Å². The summed E-state index contributed by atoms with van der Waals surface area (Å²) >= 11 is 0. The summed E-state index contributed by atoms with van der Waals surface area (Å²) in [6, 6.07) is 1.38. The molecule has 1 saturated carbocycles. The molecule has 0 bridgehead atoms. The highest BCUT2D eigenvalue weighted by molar-refractivity contribution is 5.76. The number of nitrogens with zero attached hydrogens (tertiary/aromatic N) is 1. The van der Waals surface area contributed by atoms with Crippen LogP contribution in [0.3, 0.4) is 0 Å². The Kier molecular flexibility index (Phi) is 4.40. The van der Waals surface area contributed by atoms with Gasteiger partial charge in [-0.3, -0.25) is 4.79 Å². The topological polar surface area (TPSA) is 58.4 Å². The van der Waals surface area contributed by atoms with Crippen molar-refractivity contribution in [3.8, 4) is 0 Å². The van der Waals surface area contributed by atoms with Crippen molar-refractivity contribution in [2.45, 2.75) is 63.6 Å². The van der Waals surface area contributed by atoms with E-state index in [1.165, 1.54) is 12.8 Å². The lowest BCUT2D eigenvalue weighted by Gasteiger charge is -2.32. The second-order valence-corrected chi connectivity index (χ2v) is 5.62. The van der Waals surface area contributed by atoms with Crippen molar-refractivity contribution in [1.29, 1.82) is 0 Å². The largest absolute Gasteiger partial charge is 0.353 e. The summed E-state index contributed by atoms with van der Waals surface area (Å²) in [4.78, 5) is 14.2. The number of piperidine rings is 1. The Labute approximate surface area is 104 Å². The van der Waals surface area contributed by atoms with Crippen molar-refractivity contribution in [2.75, 3.05) is 13.1 Å². The quantitative estimate of drug-likeness (QED) is 0.748. The Hall–Kier alpha value is -0.610. The lowest BCUT2D eigenvalue weighted by Crippen LogP contribution is -2.45. The van der Waals surface area contributed by atoms with E-state index in [2.05, 4.69) is 10.2 Å². The number of nitrogens with two attached hydrogens (primary N) is 1. The first-order chi connectivity index (χ1) is 8.15. The molecule has 1 amide bonds. The second-order valence-electron chi connectivity index (χ2n) is 5.62. The van der Waals surface area contributed by atoms with Gasteiger partial charge < -0.3 is 16.0 Å². The third-order valence-corrected chi connectivity index (χ3v) is 3.78. The first-order valence-corrected chi connectivity index (χ1v) is 6.94. The minimum absolute atomic E-state index is 0.123. The van der Waals surface area contributed by atoms with Gasteiger partial charge in [-0.25, -0.2) is 0 Å². The molecule has 1 atom stereocenters. The van der Waals surface area contributed by atoms with Crippen LogP contribution in [0.15, 0.2) is 0 Å². The third-order valence-electron chi connectivity index (χ3n) is 3.78. The van der Waals surface area contributed by atoms with E-state index in [4.69, 9.17) is 5.73 Å². The van der Waals surface area contributed by atoms with Gasteiger partial charge >= 0.3 is 0 Å². The van der Waals surface area contributed by atoms with Crippen LogP contribution in [0.5, 0.6) is 0 Å². The number of carbonyl (C=O) groups excluding carboxylic acids is 1. The highest BCUT2D eigenvalue weighted by Crippen LogP contribution is 2.29. The maximum Gasteiger partial charge on any atom is 0.220 e. The molecule has 0 aromatic carbocycles. The first kappa shape index (κ1) is 12.8. The van der Waals surface area contributed by atoms with E-state index in [-0.39, 0.29) is 11.9 Å². The molecule has 1 unspecified atom stereocenters. The van der Waals surface area contributed by atoms with Gasteiger partial charge in [0.25, 0.3) is 0 Å². The van der Waals surface area contributed by atoms with Crippen LogP contribution in [-0.4, -0.2) is 42.0 Å². The second kappa shape index (κ2) is 5.83. The van der Waals surface area contributed by atoms with Crippen LogP contribution in [0, 0.1) is 0 Å². The number of nitrogens with one attached hydrogen (secondary N) is 1. The van der Waals surface area contributed by atoms with E-state index in [9.17, 15) is 4.79 Å². The molecular formula is C13H25N3O. The fraction of sp³-hybridized carbons (Fsp3) is 0.923. The number of likely N-dealkylation sites (tertiary alicyclic amines) is 1. The molecule has 17 heavy (non-hydrogen) atoms. The summed E-state index contributed by atoms with van der Waals surface area (Å²) in [5, 5.41) is 3.13. The SMILES string of the molecule is CC(N)CCC(=O)NC1CCN(C2CC2)CC1. The molecule has 98 valence electrons. The van der Waals surface area contributed by atoms with Crippen LogP contribution >= 0.6 is 0 Å². The zero-order valence-electron chi connectivity index (χ0n) is 10.8. The van der Waals surface area contributed by atoms with E-state index in [1.54, 1.807) is 0 Å². The molecule has 1 saturated heterocycles. The molecular weight excluding hydrogens is 214 g/mol. The van der Waals surface area contributed by atoms with Crippen molar-refractivity contribution in [3.63, 3.8) is 0 Å². The Bertz CT molecular complexity index is 255. The molecule has 2 fully saturated rings. The third kappa shape index (κ3) is 4.28.